The normalized spacial score (nSPS) is 23.1. The third kappa shape index (κ3) is 2.24. The molecule has 0 unspecified atom stereocenters. The number of rotatable bonds is 1. The molecule has 0 spiro atoms. The van der Waals surface area contributed by atoms with E-state index in [9.17, 15) is 0 Å². The van der Waals surface area contributed by atoms with E-state index >= 15 is 0 Å². The molecule has 0 N–H and O–H groups in total. The highest BCUT2D eigenvalue weighted by Crippen LogP contribution is 2.25. The number of hydrogen-bond acceptors (Lipinski definition) is 0. The van der Waals surface area contributed by atoms with Crippen LogP contribution in [0.3, 0.4) is 0 Å². The Morgan fingerprint density at radius 2 is 1.40 bits per heavy atom. The van der Waals surface area contributed by atoms with Crippen LogP contribution >= 0.6 is 0 Å². The van der Waals surface area contributed by atoms with Crippen molar-refractivity contribution in [1.82, 2.24) is 0 Å². The van der Waals surface area contributed by atoms with Crippen LogP contribution in [0.25, 0.3) is 0 Å². The van der Waals surface area contributed by atoms with Crippen molar-refractivity contribution in [3.05, 3.63) is 0 Å². The molecule has 0 amide bonds. The Bertz CT molecular complexity index is 98.3. The molecular formula is C8H19Si2. The summed E-state index contributed by atoms with van der Waals surface area (Å²) >= 11 is 0. The molecule has 1 saturated heterocycles. The molecule has 59 valence electrons. The Kier molecular flexibility index (Phi) is 2.75. The standard InChI is InChI=1S/C8H19Si2/c1-10(2,3)9-7-5-4-6-8-9/h4-8H2,1-3H3. The van der Waals surface area contributed by atoms with E-state index in [0.717, 1.165) is 0 Å². The lowest BCUT2D eigenvalue weighted by molar-refractivity contribution is 0.729. The van der Waals surface area contributed by atoms with Gasteiger partial charge in [0.25, 0.3) is 0 Å². The van der Waals surface area contributed by atoms with Gasteiger partial charge in [-0.1, -0.05) is 51.0 Å². The van der Waals surface area contributed by atoms with Crippen molar-refractivity contribution in [2.75, 3.05) is 0 Å². The number of hydrogen-bond donors (Lipinski definition) is 0. The highest BCUT2D eigenvalue weighted by atomic mass is 29.2. The fraction of sp³-hybridized carbons (Fsp3) is 1.00. The molecule has 0 bridgehead atoms. The van der Waals surface area contributed by atoms with E-state index in [0.29, 0.717) is 0 Å². The zero-order valence-corrected chi connectivity index (χ0v) is 9.54. The lowest BCUT2D eigenvalue weighted by atomic mass is 10.3. The fourth-order valence-corrected chi connectivity index (χ4v) is 10.4. The summed E-state index contributed by atoms with van der Waals surface area (Å²) in [7, 11) is -0.479. The van der Waals surface area contributed by atoms with Gasteiger partial charge in [0, 0.05) is 15.9 Å². The molecule has 1 rings (SSSR count). The van der Waals surface area contributed by atoms with Gasteiger partial charge in [-0.2, -0.15) is 0 Å². The fourth-order valence-electron chi connectivity index (χ4n) is 1.73. The van der Waals surface area contributed by atoms with Crippen molar-refractivity contribution in [3.63, 3.8) is 0 Å². The maximum Gasteiger partial charge on any atom is 0.0400 e. The van der Waals surface area contributed by atoms with Crippen molar-refractivity contribution >= 4 is 15.9 Å². The largest absolute Gasteiger partial charge is 0.0717 e. The summed E-state index contributed by atoms with van der Waals surface area (Å²) in [5.74, 6) is 0. The average molecular weight is 171 g/mol. The minimum Gasteiger partial charge on any atom is -0.0717 e. The second kappa shape index (κ2) is 3.22. The van der Waals surface area contributed by atoms with Gasteiger partial charge in [-0.3, -0.25) is 0 Å². The van der Waals surface area contributed by atoms with Gasteiger partial charge in [-0.15, -0.1) is 0 Å². The predicted molar refractivity (Wildman–Crippen MR) is 52.6 cm³/mol. The van der Waals surface area contributed by atoms with Gasteiger partial charge in [0.1, 0.15) is 0 Å². The topological polar surface area (TPSA) is 0 Å². The molecule has 1 aliphatic rings. The monoisotopic (exact) mass is 171 g/mol. The highest BCUT2D eigenvalue weighted by Gasteiger charge is 2.28. The molecule has 0 aromatic carbocycles. The first kappa shape index (κ1) is 8.53. The zero-order valence-electron chi connectivity index (χ0n) is 7.54. The van der Waals surface area contributed by atoms with Crippen LogP contribution in [0.4, 0.5) is 0 Å². The Morgan fingerprint density at radius 3 is 1.70 bits per heavy atom. The molecule has 10 heavy (non-hydrogen) atoms. The van der Waals surface area contributed by atoms with Gasteiger partial charge in [-0.25, -0.2) is 0 Å². The van der Waals surface area contributed by atoms with Crippen LogP contribution in [0.15, 0.2) is 0 Å². The van der Waals surface area contributed by atoms with Gasteiger partial charge in [0.15, 0.2) is 0 Å². The quantitative estimate of drug-likeness (QED) is 0.532. The minimum atomic E-state index is -0.655. The van der Waals surface area contributed by atoms with Crippen LogP contribution in [0.1, 0.15) is 19.3 Å². The molecular weight excluding hydrogens is 152 g/mol. The van der Waals surface area contributed by atoms with Gasteiger partial charge in [-0.05, 0) is 0 Å². The summed E-state index contributed by atoms with van der Waals surface area (Å²) in [5.41, 5.74) is 0. The third-order valence-corrected chi connectivity index (χ3v) is 14.4. The van der Waals surface area contributed by atoms with E-state index in [1.165, 1.54) is 6.42 Å². The van der Waals surface area contributed by atoms with Crippen molar-refractivity contribution in [1.29, 1.82) is 0 Å². The minimum absolute atomic E-state index is 0.175. The molecule has 1 heterocycles. The highest BCUT2D eigenvalue weighted by molar-refractivity contribution is 7.31. The second-order valence-corrected chi connectivity index (χ2v) is 17.7. The van der Waals surface area contributed by atoms with Gasteiger partial charge >= 0.3 is 0 Å². The van der Waals surface area contributed by atoms with E-state index in [1.54, 1.807) is 24.9 Å². The first-order chi connectivity index (χ1) is 4.61. The van der Waals surface area contributed by atoms with E-state index in [1.807, 2.05) is 0 Å². The Morgan fingerprint density at radius 1 is 0.900 bits per heavy atom. The molecule has 1 fully saturated rings. The maximum atomic E-state index is 2.56. The molecule has 1 aliphatic heterocycles. The van der Waals surface area contributed by atoms with E-state index in [-0.39, 0.29) is 8.31 Å². The molecule has 0 aromatic rings. The van der Waals surface area contributed by atoms with Gasteiger partial charge in [0.2, 0.25) is 0 Å². The zero-order chi connectivity index (χ0) is 7.61. The van der Waals surface area contributed by atoms with E-state index < -0.39 is 7.59 Å². The average Bonchev–Trinajstić information content (AvgIpc) is 1.88. The van der Waals surface area contributed by atoms with Crippen molar-refractivity contribution in [3.8, 4) is 0 Å². The third-order valence-electron chi connectivity index (χ3n) is 2.52. The molecule has 0 aromatic heterocycles. The summed E-state index contributed by atoms with van der Waals surface area (Å²) in [4.78, 5) is 0. The first-order valence-corrected chi connectivity index (χ1v) is 10.9. The lowest BCUT2D eigenvalue weighted by Gasteiger charge is -2.30. The Hall–Kier alpha value is 0.434. The molecule has 1 radical (unpaired) electrons. The summed E-state index contributed by atoms with van der Waals surface area (Å²) in [5, 5.41) is 0. The molecule has 0 atom stereocenters. The predicted octanol–water partition coefficient (Wildman–Crippen LogP) is 3.08. The van der Waals surface area contributed by atoms with Crippen LogP contribution in [-0.2, 0) is 0 Å². The van der Waals surface area contributed by atoms with Crippen LogP contribution in [0, 0.1) is 0 Å². The maximum absolute atomic E-state index is 2.56. The van der Waals surface area contributed by atoms with Crippen LogP contribution in [0.2, 0.25) is 31.7 Å². The Balaban J connectivity index is 2.39. The molecule has 0 aliphatic carbocycles. The van der Waals surface area contributed by atoms with Crippen LogP contribution in [0.5, 0.6) is 0 Å². The Labute approximate surface area is 67.4 Å². The first-order valence-electron chi connectivity index (χ1n) is 4.46. The van der Waals surface area contributed by atoms with E-state index in [4.69, 9.17) is 0 Å². The summed E-state index contributed by atoms with van der Waals surface area (Å²) < 4.78 is 0. The second-order valence-electron chi connectivity index (χ2n) is 4.41. The molecule has 2 heteroatoms. The summed E-state index contributed by atoms with van der Waals surface area (Å²) in [6.07, 6.45) is 4.63. The smallest absolute Gasteiger partial charge is 0.0400 e. The van der Waals surface area contributed by atoms with Crippen molar-refractivity contribution in [2.24, 2.45) is 0 Å². The van der Waals surface area contributed by atoms with Gasteiger partial charge < -0.3 is 0 Å². The SMILES string of the molecule is C[Si](C)(C)[Si]1CCCCC1. The molecule has 0 nitrogen and oxygen atoms in total. The van der Waals surface area contributed by atoms with Crippen molar-refractivity contribution < 1.29 is 0 Å². The molecule has 0 saturated carbocycles. The van der Waals surface area contributed by atoms with Crippen LogP contribution in [-0.4, -0.2) is 15.9 Å². The summed E-state index contributed by atoms with van der Waals surface area (Å²) in [6.45, 7) is 7.69. The van der Waals surface area contributed by atoms with Crippen LogP contribution < -0.4 is 0 Å². The van der Waals surface area contributed by atoms with Gasteiger partial charge in [0.05, 0.1) is 0 Å². The van der Waals surface area contributed by atoms with E-state index in [2.05, 4.69) is 19.6 Å². The van der Waals surface area contributed by atoms with Crippen molar-refractivity contribution in [2.45, 2.75) is 51.0 Å². The lowest BCUT2D eigenvalue weighted by Crippen LogP contribution is -2.43. The summed E-state index contributed by atoms with van der Waals surface area (Å²) in [6, 6.07) is 3.28.